The zero-order valence-electron chi connectivity index (χ0n) is 22.8. The highest BCUT2D eigenvalue weighted by molar-refractivity contribution is 5.66. The van der Waals surface area contributed by atoms with Crippen LogP contribution in [0.4, 0.5) is 0 Å². The molecule has 1 aliphatic heterocycles. The van der Waals surface area contributed by atoms with Gasteiger partial charge in [0.2, 0.25) is 0 Å². The van der Waals surface area contributed by atoms with Gasteiger partial charge in [0, 0.05) is 36.1 Å². The van der Waals surface area contributed by atoms with Crippen LogP contribution in [-0.2, 0) is 17.8 Å². The molecule has 0 saturated carbocycles. The average molecular weight is 549 g/mol. The van der Waals surface area contributed by atoms with E-state index in [2.05, 4.69) is 26.0 Å². The van der Waals surface area contributed by atoms with E-state index in [-0.39, 0.29) is 12.0 Å². The van der Waals surface area contributed by atoms with Crippen LogP contribution in [-0.4, -0.2) is 55.4 Å². The molecule has 0 aliphatic carbocycles. The Hall–Kier alpha value is -4.68. The number of benzene rings is 2. The van der Waals surface area contributed by atoms with Crippen LogP contribution >= 0.6 is 0 Å². The van der Waals surface area contributed by atoms with Gasteiger partial charge in [-0.15, -0.1) is 0 Å². The molecular weight excluding hydrogens is 516 g/mol. The van der Waals surface area contributed by atoms with E-state index in [4.69, 9.17) is 5.11 Å². The van der Waals surface area contributed by atoms with E-state index in [1.54, 1.807) is 24.3 Å². The number of hydrogen-bond acceptors (Lipinski definition) is 7. The van der Waals surface area contributed by atoms with Crippen molar-refractivity contribution in [3.63, 3.8) is 0 Å². The number of hydrogen-bond donors (Lipinski definition) is 1. The van der Waals surface area contributed by atoms with Crippen molar-refractivity contribution >= 4 is 5.97 Å². The highest BCUT2D eigenvalue weighted by atomic mass is 16.4. The predicted octanol–water partition coefficient (Wildman–Crippen LogP) is 4.41. The van der Waals surface area contributed by atoms with Crippen LogP contribution in [0, 0.1) is 17.2 Å². The molecule has 9 heteroatoms. The van der Waals surface area contributed by atoms with Crippen LogP contribution in [0.1, 0.15) is 42.4 Å². The zero-order chi connectivity index (χ0) is 28.6. The van der Waals surface area contributed by atoms with Crippen LogP contribution in [0.5, 0.6) is 0 Å². The summed E-state index contributed by atoms with van der Waals surface area (Å²) in [5.74, 6) is 0.531. The first-order chi connectivity index (χ1) is 20.0. The van der Waals surface area contributed by atoms with E-state index >= 15 is 0 Å². The van der Waals surface area contributed by atoms with Gasteiger partial charge < -0.3 is 10.0 Å². The molecule has 1 fully saturated rings. The third-order valence-corrected chi connectivity index (χ3v) is 7.57. The number of piperidine rings is 1. The highest BCUT2D eigenvalue weighted by Gasteiger charge is 2.19. The van der Waals surface area contributed by atoms with E-state index < -0.39 is 5.97 Å². The van der Waals surface area contributed by atoms with Gasteiger partial charge >= 0.3 is 5.97 Å². The Kier molecular flexibility index (Phi) is 8.92. The first-order valence-corrected chi connectivity index (χ1v) is 13.9. The number of likely N-dealkylation sites (tertiary alicyclic amines) is 1. The molecule has 5 rings (SSSR count). The third kappa shape index (κ3) is 7.50. The molecule has 208 valence electrons. The second kappa shape index (κ2) is 13.1. The number of aromatic nitrogens is 4. The molecule has 0 atom stereocenters. The maximum Gasteiger partial charge on any atom is 0.304 e. The fourth-order valence-corrected chi connectivity index (χ4v) is 5.20. The molecule has 2 aromatic carbocycles. The van der Waals surface area contributed by atoms with Crippen LogP contribution in [0.15, 0.2) is 77.9 Å². The number of nitriles is 1. The first-order valence-electron chi connectivity index (χ1n) is 13.9. The molecule has 9 nitrogen and oxygen atoms in total. The lowest BCUT2D eigenvalue weighted by atomic mass is 9.91. The average Bonchev–Trinajstić information content (AvgIpc) is 3.01. The number of carboxylic acids is 1. The largest absolute Gasteiger partial charge is 0.481 e. The number of rotatable bonds is 10. The van der Waals surface area contributed by atoms with Gasteiger partial charge in [0.15, 0.2) is 5.82 Å². The van der Waals surface area contributed by atoms with Gasteiger partial charge in [0.25, 0.3) is 5.56 Å². The van der Waals surface area contributed by atoms with Gasteiger partial charge in [0.1, 0.15) is 0 Å². The van der Waals surface area contributed by atoms with Crippen molar-refractivity contribution in [2.24, 2.45) is 5.92 Å². The Bertz CT molecular complexity index is 1600. The van der Waals surface area contributed by atoms with E-state index in [9.17, 15) is 14.9 Å². The Balaban J connectivity index is 1.20. The molecule has 0 amide bonds. The summed E-state index contributed by atoms with van der Waals surface area (Å²) in [6.45, 7) is 2.86. The van der Waals surface area contributed by atoms with Crippen molar-refractivity contribution < 1.29 is 9.90 Å². The lowest BCUT2D eigenvalue weighted by Crippen LogP contribution is -2.35. The fraction of sp³-hybridized carbons (Fsp3) is 0.312. The number of aryl methyl sites for hydroxylation is 1. The second-order valence-corrected chi connectivity index (χ2v) is 10.5. The molecule has 1 N–H and O–H groups in total. The molecule has 0 bridgehead atoms. The van der Waals surface area contributed by atoms with Crippen molar-refractivity contribution in [1.29, 1.82) is 5.26 Å². The standard InChI is InChI=1S/C32H32N6O3/c33-19-24-3-1-5-27(17-24)29-9-10-30(39)38(36-29)22-25-4-2-6-28(18-25)32-34-20-26(21-35-32)8-7-23-11-14-37(15-12-23)16-13-31(40)41/h1-6,9-10,17-18,20-21,23H,7-8,11-16,22H2,(H,40,41). The van der Waals surface area contributed by atoms with E-state index in [0.717, 1.165) is 61.0 Å². The first kappa shape index (κ1) is 27.9. The summed E-state index contributed by atoms with van der Waals surface area (Å²) in [4.78, 5) is 34.8. The minimum atomic E-state index is -0.736. The van der Waals surface area contributed by atoms with Gasteiger partial charge in [-0.2, -0.15) is 10.4 Å². The third-order valence-electron chi connectivity index (χ3n) is 7.57. The molecule has 0 radical (unpaired) electrons. The normalized spacial score (nSPS) is 14.0. The zero-order valence-corrected chi connectivity index (χ0v) is 22.8. The summed E-state index contributed by atoms with van der Waals surface area (Å²) in [5, 5.41) is 22.6. The van der Waals surface area contributed by atoms with Crippen molar-refractivity contribution in [1.82, 2.24) is 24.6 Å². The summed E-state index contributed by atoms with van der Waals surface area (Å²) >= 11 is 0. The van der Waals surface area contributed by atoms with Gasteiger partial charge in [-0.05, 0) is 80.1 Å². The topological polar surface area (TPSA) is 125 Å². The Labute approximate surface area is 238 Å². The molecule has 3 heterocycles. The van der Waals surface area contributed by atoms with Crippen LogP contribution in [0.2, 0.25) is 0 Å². The molecule has 0 unspecified atom stereocenters. The summed E-state index contributed by atoms with van der Waals surface area (Å²) in [7, 11) is 0. The highest BCUT2D eigenvalue weighted by Crippen LogP contribution is 2.23. The van der Waals surface area contributed by atoms with Gasteiger partial charge in [-0.3, -0.25) is 9.59 Å². The summed E-state index contributed by atoms with van der Waals surface area (Å²) in [5.41, 5.74) is 4.61. The van der Waals surface area contributed by atoms with Crippen molar-refractivity contribution in [3.8, 4) is 28.7 Å². The monoisotopic (exact) mass is 548 g/mol. The summed E-state index contributed by atoms with van der Waals surface area (Å²) in [6.07, 6.45) is 8.18. The van der Waals surface area contributed by atoms with E-state index in [0.29, 0.717) is 36.1 Å². The molecule has 1 saturated heterocycles. The van der Waals surface area contributed by atoms with Crippen molar-refractivity contribution in [2.75, 3.05) is 19.6 Å². The van der Waals surface area contributed by atoms with Crippen molar-refractivity contribution in [2.45, 2.75) is 38.6 Å². The van der Waals surface area contributed by atoms with Gasteiger partial charge in [-0.25, -0.2) is 14.6 Å². The lowest BCUT2D eigenvalue weighted by molar-refractivity contribution is -0.137. The number of carboxylic acid groups (broad SMARTS) is 1. The molecule has 2 aromatic heterocycles. The Morgan fingerprint density at radius 2 is 1.73 bits per heavy atom. The molecular formula is C32H32N6O3. The SMILES string of the molecule is N#Cc1cccc(-c2ccc(=O)n(Cc3cccc(-c4ncc(CCC5CCN(CCC(=O)O)CC5)cn4)c3)n2)c1. The molecule has 4 aromatic rings. The fourth-order valence-electron chi connectivity index (χ4n) is 5.20. The van der Waals surface area contributed by atoms with Gasteiger partial charge in [-0.1, -0.05) is 30.3 Å². The number of carbonyl (C=O) groups is 1. The minimum absolute atomic E-state index is 0.206. The Morgan fingerprint density at radius 3 is 2.49 bits per heavy atom. The summed E-state index contributed by atoms with van der Waals surface area (Å²) < 4.78 is 1.42. The Morgan fingerprint density at radius 1 is 0.976 bits per heavy atom. The van der Waals surface area contributed by atoms with E-state index in [1.165, 1.54) is 10.7 Å². The lowest BCUT2D eigenvalue weighted by Gasteiger charge is -2.31. The van der Waals surface area contributed by atoms with Crippen LogP contribution in [0.3, 0.4) is 0 Å². The molecule has 1 aliphatic rings. The number of aliphatic carboxylic acids is 1. The van der Waals surface area contributed by atoms with Crippen LogP contribution < -0.4 is 5.56 Å². The number of nitrogens with zero attached hydrogens (tertiary/aromatic N) is 6. The quantitative estimate of drug-likeness (QED) is 0.309. The predicted molar refractivity (Wildman–Crippen MR) is 155 cm³/mol. The summed E-state index contributed by atoms with van der Waals surface area (Å²) in [6, 6.07) is 20.3. The smallest absolute Gasteiger partial charge is 0.304 e. The minimum Gasteiger partial charge on any atom is -0.481 e. The van der Waals surface area contributed by atoms with Crippen LogP contribution in [0.25, 0.3) is 22.6 Å². The maximum absolute atomic E-state index is 12.6. The van der Waals surface area contributed by atoms with Gasteiger partial charge in [0.05, 0.1) is 30.3 Å². The second-order valence-electron chi connectivity index (χ2n) is 10.5. The van der Waals surface area contributed by atoms with Crippen molar-refractivity contribution in [3.05, 3.63) is 100 Å². The molecule has 41 heavy (non-hydrogen) atoms. The van der Waals surface area contributed by atoms with E-state index in [1.807, 2.05) is 42.7 Å². The maximum atomic E-state index is 12.6. The molecule has 0 spiro atoms.